The quantitative estimate of drug-likeness (QED) is 0.890. The smallest absolute Gasteiger partial charge is 0.323 e. The number of rotatable bonds is 3. The van der Waals surface area contributed by atoms with Gasteiger partial charge in [-0.25, -0.2) is 23.5 Å². The molecule has 1 aliphatic heterocycles. The summed E-state index contributed by atoms with van der Waals surface area (Å²) < 4.78 is 26.8. The van der Waals surface area contributed by atoms with Crippen LogP contribution in [0.3, 0.4) is 0 Å². The van der Waals surface area contributed by atoms with E-state index in [-0.39, 0.29) is 5.69 Å². The summed E-state index contributed by atoms with van der Waals surface area (Å²) in [5, 5.41) is 4.90. The Kier molecular flexibility index (Phi) is 4.78. The molecule has 0 bridgehead atoms. The molecule has 1 fully saturated rings. The molecule has 0 radical (unpaired) electrons. The van der Waals surface area contributed by atoms with Gasteiger partial charge in [0.05, 0.1) is 22.8 Å². The first-order valence-electron chi connectivity index (χ1n) is 8.07. The fraction of sp³-hybridized carbons (Fsp3) is 0.353. The Hall–Kier alpha value is -2.77. The van der Waals surface area contributed by atoms with Crippen LogP contribution < -0.4 is 15.5 Å². The topological polar surface area (TPSA) is 70.2 Å². The van der Waals surface area contributed by atoms with E-state index in [9.17, 15) is 13.6 Å². The van der Waals surface area contributed by atoms with Gasteiger partial charge in [0.25, 0.3) is 0 Å². The van der Waals surface area contributed by atoms with Gasteiger partial charge in [-0.3, -0.25) is 0 Å². The van der Waals surface area contributed by atoms with E-state index in [0.717, 1.165) is 44.1 Å². The minimum absolute atomic E-state index is 0.234. The molecule has 1 aromatic carbocycles. The van der Waals surface area contributed by atoms with E-state index in [1.165, 1.54) is 0 Å². The summed E-state index contributed by atoms with van der Waals surface area (Å²) >= 11 is 0. The molecule has 1 aliphatic rings. The number of hydrogen-bond acceptors (Lipinski definition) is 4. The Morgan fingerprint density at radius 2 is 1.72 bits per heavy atom. The Balaban J connectivity index is 1.75. The molecule has 6 nitrogen and oxygen atoms in total. The molecule has 0 aliphatic carbocycles. The summed E-state index contributed by atoms with van der Waals surface area (Å²) in [4.78, 5) is 23.1. The lowest BCUT2D eigenvalue weighted by atomic mass is 10.2. The maximum absolute atomic E-state index is 13.6. The standard InChI is InChI=1S/C17H19F2N5O/c1-10-15(11(2)21-16(20-10)24-7-3-4-8-24)23-17(25)22-14-9-12(18)5-6-13(14)19/h5-6,9H,3-4,7-8H2,1-2H3,(H2,22,23,25). The molecule has 3 rings (SSSR count). The van der Waals surface area contributed by atoms with Gasteiger partial charge in [0.1, 0.15) is 11.6 Å². The summed E-state index contributed by atoms with van der Waals surface area (Å²) in [5.74, 6) is -0.706. The number of nitrogens with one attached hydrogen (secondary N) is 2. The number of carbonyl (C=O) groups is 1. The maximum atomic E-state index is 13.6. The van der Waals surface area contributed by atoms with E-state index in [1.807, 2.05) is 0 Å². The van der Waals surface area contributed by atoms with Gasteiger partial charge >= 0.3 is 6.03 Å². The lowest BCUT2D eigenvalue weighted by molar-refractivity contribution is 0.262. The van der Waals surface area contributed by atoms with E-state index >= 15 is 0 Å². The van der Waals surface area contributed by atoms with Gasteiger partial charge < -0.3 is 15.5 Å². The predicted octanol–water partition coefficient (Wildman–Crippen LogP) is 3.62. The van der Waals surface area contributed by atoms with Crippen molar-refractivity contribution >= 4 is 23.4 Å². The average Bonchev–Trinajstić information content (AvgIpc) is 3.09. The zero-order valence-electron chi connectivity index (χ0n) is 14.1. The number of aromatic nitrogens is 2. The Morgan fingerprint density at radius 3 is 2.36 bits per heavy atom. The molecule has 0 saturated carbocycles. The van der Waals surface area contributed by atoms with Crippen molar-refractivity contribution in [1.29, 1.82) is 0 Å². The highest BCUT2D eigenvalue weighted by Gasteiger charge is 2.18. The predicted molar refractivity (Wildman–Crippen MR) is 92.0 cm³/mol. The summed E-state index contributed by atoms with van der Waals surface area (Å²) in [5.41, 5.74) is 1.45. The second-order valence-corrected chi connectivity index (χ2v) is 5.97. The highest BCUT2D eigenvalue weighted by Crippen LogP contribution is 2.23. The van der Waals surface area contributed by atoms with Gasteiger partial charge in [-0.05, 0) is 38.8 Å². The number of amides is 2. The molecule has 8 heteroatoms. The van der Waals surface area contributed by atoms with E-state index < -0.39 is 17.7 Å². The van der Waals surface area contributed by atoms with Crippen LogP contribution in [0, 0.1) is 25.5 Å². The Bertz CT molecular complexity index is 783. The van der Waals surface area contributed by atoms with Crippen molar-refractivity contribution in [1.82, 2.24) is 9.97 Å². The molecule has 2 N–H and O–H groups in total. The maximum Gasteiger partial charge on any atom is 0.323 e. The molecule has 0 spiro atoms. The van der Waals surface area contributed by atoms with Crippen LogP contribution in [0.4, 0.5) is 30.9 Å². The normalized spacial score (nSPS) is 13.8. The van der Waals surface area contributed by atoms with Crippen molar-refractivity contribution in [3.63, 3.8) is 0 Å². The van der Waals surface area contributed by atoms with E-state index in [2.05, 4.69) is 25.5 Å². The van der Waals surface area contributed by atoms with Crippen molar-refractivity contribution in [3.05, 3.63) is 41.2 Å². The SMILES string of the molecule is Cc1nc(N2CCCC2)nc(C)c1NC(=O)Nc1cc(F)ccc1F. The third kappa shape index (κ3) is 3.84. The van der Waals surface area contributed by atoms with Gasteiger partial charge in [0.2, 0.25) is 5.95 Å². The number of carbonyl (C=O) groups excluding carboxylic acids is 1. The Labute approximate surface area is 144 Å². The third-order valence-corrected chi connectivity index (χ3v) is 4.06. The van der Waals surface area contributed by atoms with Crippen LogP contribution in [0.1, 0.15) is 24.2 Å². The van der Waals surface area contributed by atoms with Crippen LogP contribution in [0.2, 0.25) is 0 Å². The van der Waals surface area contributed by atoms with Crippen molar-refractivity contribution in [3.8, 4) is 0 Å². The average molecular weight is 347 g/mol. The monoisotopic (exact) mass is 347 g/mol. The summed E-state index contributed by atoms with van der Waals surface area (Å²) in [6.07, 6.45) is 2.23. The molecule has 25 heavy (non-hydrogen) atoms. The van der Waals surface area contributed by atoms with Crippen LogP contribution in [-0.2, 0) is 0 Å². The lowest BCUT2D eigenvalue weighted by Crippen LogP contribution is -2.24. The highest BCUT2D eigenvalue weighted by molar-refractivity contribution is 6.00. The number of benzene rings is 1. The number of aryl methyl sites for hydroxylation is 2. The second kappa shape index (κ2) is 7.00. The number of nitrogens with zero attached hydrogens (tertiary/aromatic N) is 3. The molecule has 2 aromatic rings. The van der Waals surface area contributed by atoms with E-state index in [0.29, 0.717) is 23.0 Å². The van der Waals surface area contributed by atoms with Crippen LogP contribution in [0.5, 0.6) is 0 Å². The first-order valence-corrected chi connectivity index (χ1v) is 8.07. The van der Waals surface area contributed by atoms with Gasteiger partial charge in [-0.15, -0.1) is 0 Å². The molecule has 2 heterocycles. The van der Waals surface area contributed by atoms with Crippen molar-refractivity contribution < 1.29 is 13.6 Å². The molecule has 0 unspecified atom stereocenters. The highest BCUT2D eigenvalue weighted by atomic mass is 19.1. The number of urea groups is 1. The lowest BCUT2D eigenvalue weighted by Gasteiger charge is -2.18. The first kappa shape index (κ1) is 17.1. The van der Waals surface area contributed by atoms with Crippen LogP contribution in [0.15, 0.2) is 18.2 Å². The molecule has 0 atom stereocenters. The second-order valence-electron chi connectivity index (χ2n) is 5.97. The zero-order chi connectivity index (χ0) is 18.0. The number of hydrogen-bond donors (Lipinski definition) is 2. The molecule has 132 valence electrons. The molecular formula is C17H19F2N5O. The molecular weight excluding hydrogens is 328 g/mol. The molecule has 1 aromatic heterocycles. The fourth-order valence-electron chi connectivity index (χ4n) is 2.80. The minimum Gasteiger partial charge on any atom is -0.341 e. The summed E-state index contributed by atoms with van der Waals surface area (Å²) in [6, 6.07) is 2.17. The van der Waals surface area contributed by atoms with Crippen LogP contribution >= 0.6 is 0 Å². The molecule has 1 saturated heterocycles. The molecule has 2 amide bonds. The van der Waals surface area contributed by atoms with Gasteiger partial charge in [0, 0.05) is 19.2 Å². The summed E-state index contributed by atoms with van der Waals surface area (Å²) in [6.45, 7) is 5.38. The van der Waals surface area contributed by atoms with Crippen molar-refractivity contribution in [2.75, 3.05) is 28.6 Å². The van der Waals surface area contributed by atoms with E-state index in [4.69, 9.17) is 0 Å². The number of anilines is 3. The van der Waals surface area contributed by atoms with Gasteiger partial charge in [-0.2, -0.15) is 0 Å². The van der Waals surface area contributed by atoms with Crippen LogP contribution in [-0.4, -0.2) is 29.1 Å². The number of halogens is 2. The van der Waals surface area contributed by atoms with Crippen LogP contribution in [0.25, 0.3) is 0 Å². The van der Waals surface area contributed by atoms with Gasteiger partial charge in [-0.1, -0.05) is 0 Å². The summed E-state index contributed by atoms with van der Waals surface area (Å²) in [7, 11) is 0. The van der Waals surface area contributed by atoms with E-state index in [1.54, 1.807) is 13.8 Å². The third-order valence-electron chi connectivity index (χ3n) is 4.06. The largest absolute Gasteiger partial charge is 0.341 e. The minimum atomic E-state index is -0.717. The van der Waals surface area contributed by atoms with Crippen molar-refractivity contribution in [2.45, 2.75) is 26.7 Å². The van der Waals surface area contributed by atoms with Crippen molar-refractivity contribution in [2.24, 2.45) is 0 Å². The Morgan fingerprint density at radius 1 is 1.08 bits per heavy atom. The van der Waals surface area contributed by atoms with Gasteiger partial charge in [0.15, 0.2) is 0 Å². The fourth-order valence-corrected chi connectivity index (χ4v) is 2.80. The first-order chi connectivity index (χ1) is 11.9. The zero-order valence-corrected chi connectivity index (χ0v) is 14.1.